The molecule has 1 heterocycles. The highest BCUT2D eigenvalue weighted by Crippen LogP contribution is 2.13. The fourth-order valence-corrected chi connectivity index (χ4v) is 1.82. The summed E-state index contributed by atoms with van der Waals surface area (Å²) in [4.78, 5) is 13.2. The summed E-state index contributed by atoms with van der Waals surface area (Å²) in [6.07, 6.45) is 2.06. The van der Waals surface area contributed by atoms with Gasteiger partial charge in [0.2, 0.25) is 0 Å². The van der Waals surface area contributed by atoms with Crippen molar-refractivity contribution in [2.75, 3.05) is 26.7 Å². The van der Waals surface area contributed by atoms with Crippen LogP contribution in [0.2, 0.25) is 0 Å². The maximum Gasteiger partial charge on any atom is 0.409 e. The van der Waals surface area contributed by atoms with Crippen molar-refractivity contribution in [2.24, 2.45) is 5.92 Å². The molecule has 1 N–H and O–H groups in total. The molecule has 0 aliphatic carbocycles. The van der Waals surface area contributed by atoms with Crippen molar-refractivity contribution in [3.63, 3.8) is 0 Å². The van der Waals surface area contributed by atoms with Gasteiger partial charge in [-0.15, -0.1) is 0 Å². The van der Waals surface area contributed by atoms with Crippen molar-refractivity contribution in [2.45, 2.75) is 32.8 Å². The van der Waals surface area contributed by atoms with E-state index in [9.17, 15) is 4.79 Å². The largest absolute Gasteiger partial charge is 0.447 e. The Morgan fingerprint density at radius 1 is 1.47 bits per heavy atom. The van der Waals surface area contributed by atoms with Gasteiger partial charge in [0.05, 0.1) is 6.10 Å². The number of hydrogen-bond donors (Lipinski definition) is 1. The third-order valence-electron chi connectivity index (χ3n) is 2.64. The number of ether oxygens (including phenoxy) is 1. The standard InChI is InChI=1S/C11H22N2O2/c1-9(2)15-11(14)13(3)8-10-4-6-12-7-5-10/h9-10,12H,4-8H2,1-3H3. The molecule has 4 heteroatoms. The molecule has 0 aromatic heterocycles. The molecule has 1 fully saturated rings. The molecule has 1 amide bonds. The number of nitrogens with one attached hydrogen (secondary N) is 1. The van der Waals surface area contributed by atoms with Crippen molar-refractivity contribution in [1.29, 1.82) is 0 Å². The minimum atomic E-state index is -0.205. The van der Waals surface area contributed by atoms with Gasteiger partial charge in [0.25, 0.3) is 0 Å². The van der Waals surface area contributed by atoms with E-state index >= 15 is 0 Å². The second kappa shape index (κ2) is 5.95. The molecule has 0 radical (unpaired) electrons. The minimum Gasteiger partial charge on any atom is -0.447 e. The number of piperidine rings is 1. The summed E-state index contributed by atoms with van der Waals surface area (Å²) in [6.45, 7) is 6.69. The summed E-state index contributed by atoms with van der Waals surface area (Å²) < 4.78 is 5.12. The lowest BCUT2D eigenvalue weighted by Crippen LogP contribution is -2.38. The van der Waals surface area contributed by atoms with E-state index in [1.165, 1.54) is 0 Å². The Kier molecular flexibility index (Phi) is 4.88. The molecule has 0 bridgehead atoms. The molecule has 0 aromatic carbocycles. The molecular formula is C11H22N2O2. The van der Waals surface area contributed by atoms with Crippen molar-refractivity contribution in [1.82, 2.24) is 10.2 Å². The highest BCUT2D eigenvalue weighted by molar-refractivity contribution is 5.67. The van der Waals surface area contributed by atoms with Crippen LogP contribution >= 0.6 is 0 Å². The van der Waals surface area contributed by atoms with Crippen LogP contribution in [0.3, 0.4) is 0 Å². The summed E-state index contributed by atoms with van der Waals surface area (Å²) in [5.41, 5.74) is 0. The van der Waals surface area contributed by atoms with Crippen molar-refractivity contribution in [3.8, 4) is 0 Å². The normalized spacial score (nSPS) is 17.9. The van der Waals surface area contributed by atoms with Gasteiger partial charge in [0.1, 0.15) is 0 Å². The average Bonchev–Trinajstić information content (AvgIpc) is 2.18. The Hall–Kier alpha value is -0.770. The number of nitrogens with zero attached hydrogens (tertiary/aromatic N) is 1. The SMILES string of the molecule is CC(C)OC(=O)N(C)CC1CCNCC1. The Balaban J connectivity index is 2.26. The molecule has 1 aliphatic rings. The van der Waals surface area contributed by atoms with Crippen LogP contribution in [0.5, 0.6) is 0 Å². The van der Waals surface area contributed by atoms with E-state index in [1.807, 2.05) is 20.9 Å². The fraction of sp³-hybridized carbons (Fsp3) is 0.909. The highest BCUT2D eigenvalue weighted by atomic mass is 16.6. The summed E-state index contributed by atoms with van der Waals surface area (Å²) >= 11 is 0. The number of carbonyl (C=O) groups excluding carboxylic acids is 1. The van der Waals surface area contributed by atoms with E-state index in [4.69, 9.17) is 4.74 Å². The van der Waals surface area contributed by atoms with Crippen LogP contribution in [0.15, 0.2) is 0 Å². The lowest BCUT2D eigenvalue weighted by Gasteiger charge is -2.27. The molecule has 1 saturated heterocycles. The van der Waals surface area contributed by atoms with E-state index in [0.717, 1.165) is 32.5 Å². The average molecular weight is 214 g/mol. The topological polar surface area (TPSA) is 41.6 Å². The Morgan fingerprint density at radius 3 is 2.60 bits per heavy atom. The zero-order valence-corrected chi connectivity index (χ0v) is 9.95. The van der Waals surface area contributed by atoms with Crippen LogP contribution in [0, 0.1) is 5.92 Å². The number of amides is 1. The van der Waals surface area contributed by atoms with Gasteiger partial charge in [-0.2, -0.15) is 0 Å². The number of hydrogen-bond acceptors (Lipinski definition) is 3. The van der Waals surface area contributed by atoms with Crippen LogP contribution in [0.1, 0.15) is 26.7 Å². The monoisotopic (exact) mass is 214 g/mol. The third-order valence-corrected chi connectivity index (χ3v) is 2.64. The Morgan fingerprint density at radius 2 is 2.07 bits per heavy atom. The molecular weight excluding hydrogens is 192 g/mol. The highest BCUT2D eigenvalue weighted by Gasteiger charge is 2.19. The van der Waals surface area contributed by atoms with E-state index < -0.39 is 0 Å². The Labute approximate surface area is 92.0 Å². The van der Waals surface area contributed by atoms with E-state index in [2.05, 4.69) is 5.32 Å². The quantitative estimate of drug-likeness (QED) is 0.773. The third kappa shape index (κ3) is 4.51. The van der Waals surface area contributed by atoms with Gasteiger partial charge in [-0.05, 0) is 45.7 Å². The lowest BCUT2D eigenvalue weighted by molar-refractivity contribution is 0.0780. The summed E-state index contributed by atoms with van der Waals surface area (Å²) in [6, 6.07) is 0. The first-order valence-electron chi connectivity index (χ1n) is 5.72. The van der Waals surface area contributed by atoms with Crippen molar-refractivity contribution >= 4 is 6.09 Å². The predicted octanol–water partition coefficient (Wildman–Crippen LogP) is 1.46. The molecule has 1 aliphatic heterocycles. The van der Waals surface area contributed by atoms with Gasteiger partial charge in [0.15, 0.2) is 0 Å². The van der Waals surface area contributed by atoms with Gasteiger partial charge < -0.3 is 15.0 Å². The van der Waals surface area contributed by atoms with E-state index in [-0.39, 0.29) is 12.2 Å². The second-order valence-electron chi connectivity index (χ2n) is 4.51. The first-order chi connectivity index (χ1) is 7.09. The van der Waals surface area contributed by atoms with Gasteiger partial charge >= 0.3 is 6.09 Å². The van der Waals surface area contributed by atoms with Crippen molar-refractivity contribution < 1.29 is 9.53 Å². The molecule has 4 nitrogen and oxygen atoms in total. The first kappa shape index (κ1) is 12.3. The summed E-state index contributed by atoms with van der Waals surface area (Å²) in [7, 11) is 1.81. The molecule has 0 atom stereocenters. The molecule has 0 aromatic rings. The summed E-state index contributed by atoms with van der Waals surface area (Å²) in [5.74, 6) is 0.621. The molecule has 0 spiro atoms. The summed E-state index contributed by atoms with van der Waals surface area (Å²) in [5, 5.41) is 3.31. The zero-order valence-electron chi connectivity index (χ0n) is 9.95. The van der Waals surface area contributed by atoms with Crippen LogP contribution in [-0.2, 0) is 4.74 Å². The van der Waals surface area contributed by atoms with Crippen LogP contribution in [0.4, 0.5) is 4.79 Å². The minimum absolute atomic E-state index is 0.0343. The van der Waals surface area contributed by atoms with Gasteiger partial charge in [-0.25, -0.2) is 4.79 Å². The van der Waals surface area contributed by atoms with Crippen LogP contribution in [0.25, 0.3) is 0 Å². The molecule has 15 heavy (non-hydrogen) atoms. The molecule has 1 rings (SSSR count). The van der Waals surface area contributed by atoms with E-state index in [1.54, 1.807) is 4.90 Å². The van der Waals surface area contributed by atoms with Crippen LogP contribution in [-0.4, -0.2) is 43.8 Å². The number of carbonyl (C=O) groups is 1. The lowest BCUT2D eigenvalue weighted by atomic mass is 9.98. The van der Waals surface area contributed by atoms with Crippen LogP contribution < -0.4 is 5.32 Å². The van der Waals surface area contributed by atoms with Gasteiger partial charge in [-0.3, -0.25) is 0 Å². The van der Waals surface area contributed by atoms with E-state index in [0.29, 0.717) is 5.92 Å². The van der Waals surface area contributed by atoms with Gasteiger partial charge in [-0.1, -0.05) is 0 Å². The maximum absolute atomic E-state index is 11.5. The smallest absolute Gasteiger partial charge is 0.409 e. The zero-order chi connectivity index (χ0) is 11.3. The molecule has 0 saturated carbocycles. The predicted molar refractivity (Wildman–Crippen MR) is 59.8 cm³/mol. The first-order valence-corrected chi connectivity index (χ1v) is 5.72. The Bertz CT molecular complexity index is 201. The van der Waals surface area contributed by atoms with Crippen molar-refractivity contribution in [3.05, 3.63) is 0 Å². The molecule has 88 valence electrons. The number of rotatable bonds is 3. The van der Waals surface area contributed by atoms with Gasteiger partial charge in [0, 0.05) is 13.6 Å². The molecule has 0 unspecified atom stereocenters. The fourth-order valence-electron chi connectivity index (χ4n) is 1.82. The second-order valence-corrected chi connectivity index (χ2v) is 4.51. The maximum atomic E-state index is 11.5.